The minimum Gasteiger partial charge on any atom is -0.294 e. The Morgan fingerprint density at radius 1 is 1.33 bits per heavy atom. The molecule has 0 radical (unpaired) electrons. The van der Waals surface area contributed by atoms with Crippen LogP contribution in [0.25, 0.3) is 0 Å². The molecule has 0 N–H and O–H groups in total. The largest absolute Gasteiger partial charge is 0.294 e. The molecule has 1 atom stereocenters. The molecule has 0 spiro atoms. The summed E-state index contributed by atoms with van der Waals surface area (Å²) in [5.74, 6) is 0.00325. The molecule has 0 saturated carbocycles. The molecule has 1 aliphatic rings. The standard InChI is InChI=1S/C16H19FO/c1-11-4-3-5-13(7-6-11)15-9-8-14(17)10-16(15)12(2)18/h4,8-10,13H,3,5-7H2,1-2H3. The lowest BCUT2D eigenvalue weighted by molar-refractivity contribution is 0.101. The van der Waals surface area contributed by atoms with Gasteiger partial charge in [0, 0.05) is 5.56 Å². The van der Waals surface area contributed by atoms with E-state index in [1.807, 2.05) is 0 Å². The van der Waals surface area contributed by atoms with E-state index in [9.17, 15) is 9.18 Å². The third-order valence-corrected chi connectivity index (χ3v) is 3.73. The summed E-state index contributed by atoms with van der Waals surface area (Å²) in [6.07, 6.45) is 6.49. The summed E-state index contributed by atoms with van der Waals surface area (Å²) < 4.78 is 13.3. The Kier molecular flexibility index (Phi) is 3.95. The molecule has 1 unspecified atom stereocenters. The van der Waals surface area contributed by atoms with Gasteiger partial charge < -0.3 is 0 Å². The maximum atomic E-state index is 13.3. The van der Waals surface area contributed by atoms with Gasteiger partial charge in [-0.05, 0) is 63.1 Å². The highest BCUT2D eigenvalue weighted by atomic mass is 19.1. The van der Waals surface area contributed by atoms with Crippen molar-refractivity contribution in [1.82, 2.24) is 0 Å². The van der Waals surface area contributed by atoms with Crippen molar-refractivity contribution in [3.05, 3.63) is 46.8 Å². The SMILES string of the molecule is CC(=O)c1cc(F)ccc1C1CCC=C(C)CC1. The number of allylic oxidation sites excluding steroid dienone is 2. The highest BCUT2D eigenvalue weighted by Gasteiger charge is 2.19. The van der Waals surface area contributed by atoms with Crippen molar-refractivity contribution in [1.29, 1.82) is 0 Å². The van der Waals surface area contributed by atoms with E-state index in [0.717, 1.165) is 31.2 Å². The van der Waals surface area contributed by atoms with Crippen LogP contribution in [0.1, 0.15) is 61.4 Å². The van der Waals surface area contributed by atoms with Gasteiger partial charge in [0.25, 0.3) is 0 Å². The molecule has 0 bridgehead atoms. The van der Waals surface area contributed by atoms with Gasteiger partial charge in [0.15, 0.2) is 5.78 Å². The summed E-state index contributed by atoms with van der Waals surface area (Å²) in [4.78, 5) is 11.6. The smallest absolute Gasteiger partial charge is 0.160 e. The zero-order chi connectivity index (χ0) is 13.1. The maximum Gasteiger partial charge on any atom is 0.160 e. The third-order valence-electron chi connectivity index (χ3n) is 3.73. The lowest BCUT2D eigenvalue weighted by atomic mass is 9.87. The van der Waals surface area contributed by atoms with Crippen LogP contribution in [0.5, 0.6) is 0 Å². The lowest BCUT2D eigenvalue weighted by Crippen LogP contribution is -2.06. The number of carbonyl (C=O) groups is 1. The number of halogens is 1. The zero-order valence-electron chi connectivity index (χ0n) is 11.0. The quantitative estimate of drug-likeness (QED) is 0.549. The number of hydrogen-bond acceptors (Lipinski definition) is 1. The van der Waals surface area contributed by atoms with E-state index >= 15 is 0 Å². The molecule has 1 aliphatic carbocycles. The summed E-state index contributed by atoms with van der Waals surface area (Å²) in [6.45, 7) is 3.66. The van der Waals surface area contributed by atoms with Crippen molar-refractivity contribution < 1.29 is 9.18 Å². The number of rotatable bonds is 2. The Bertz CT molecular complexity index is 488. The predicted molar refractivity (Wildman–Crippen MR) is 71.4 cm³/mol. The zero-order valence-corrected chi connectivity index (χ0v) is 11.0. The van der Waals surface area contributed by atoms with Crippen LogP contribution in [0.2, 0.25) is 0 Å². The second-order valence-corrected chi connectivity index (χ2v) is 5.15. The molecule has 0 aromatic heterocycles. The average molecular weight is 246 g/mol. The van der Waals surface area contributed by atoms with E-state index in [-0.39, 0.29) is 11.6 Å². The fraction of sp³-hybridized carbons (Fsp3) is 0.438. The Hall–Kier alpha value is -1.44. The van der Waals surface area contributed by atoms with Crippen molar-refractivity contribution in [2.24, 2.45) is 0 Å². The minimum atomic E-state index is -0.327. The third kappa shape index (κ3) is 2.87. The number of carbonyl (C=O) groups excluding carboxylic acids is 1. The van der Waals surface area contributed by atoms with Gasteiger partial charge in [0.1, 0.15) is 5.82 Å². The van der Waals surface area contributed by atoms with Crippen LogP contribution in [0.3, 0.4) is 0 Å². The second kappa shape index (κ2) is 5.47. The first-order valence-corrected chi connectivity index (χ1v) is 6.54. The van der Waals surface area contributed by atoms with Crippen molar-refractivity contribution in [3.8, 4) is 0 Å². The van der Waals surface area contributed by atoms with E-state index < -0.39 is 0 Å². The fourth-order valence-corrected chi connectivity index (χ4v) is 2.68. The molecule has 0 aliphatic heterocycles. The van der Waals surface area contributed by atoms with Crippen LogP contribution >= 0.6 is 0 Å². The molecule has 1 aromatic rings. The summed E-state index contributed by atoms with van der Waals surface area (Å²) >= 11 is 0. The molecular weight excluding hydrogens is 227 g/mol. The lowest BCUT2D eigenvalue weighted by Gasteiger charge is -2.17. The van der Waals surface area contributed by atoms with Crippen LogP contribution in [-0.2, 0) is 0 Å². The van der Waals surface area contributed by atoms with E-state index in [4.69, 9.17) is 0 Å². The molecule has 96 valence electrons. The van der Waals surface area contributed by atoms with E-state index in [2.05, 4.69) is 13.0 Å². The van der Waals surface area contributed by atoms with Gasteiger partial charge in [-0.25, -0.2) is 4.39 Å². The molecule has 2 rings (SSSR count). The Labute approximate surface area is 108 Å². The molecule has 1 nitrogen and oxygen atoms in total. The average Bonchev–Trinajstić information content (AvgIpc) is 2.54. The number of benzene rings is 1. The van der Waals surface area contributed by atoms with Gasteiger partial charge in [-0.1, -0.05) is 17.7 Å². The van der Waals surface area contributed by atoms with Crippen molar-refractivity contribution in [2.75, 3.05) is 0 Å². The van der Waals surface area contributed by atoms with Gasteiger partial charge >= 0.3 is 0 Å². The van der Waals surface area contributed by atoms with Gasteiger partial charge in [0.05, 0.1) is 0 Å². The second-order valence-electron chi connectivity index (χ2n) is 5.15. The van der Waals surface area contributed by atoms with Crippen LogP contribution in [0.4, 0.5) is 4.39 Å². The molecule has 0 amide bonds. The molecule has 0 heterocycles. The van der Waals surface area contributed by atoms with Gasteiger partial charge in [0.2, 0.25) is 0 Å². The van der Waals surface area contributed by atoms with Gasteiger partial charge in [-0.15, -0.1) is 0 Å². The van der Waals surface area contributed by atoms with Crippen molar-refractivity contribution in [2.45, 2.75) is 45.4 Å². The van der Waals surface area contributed by atoms with Crippen LogP contribution in [0.15, 0.2) is 29.8 Å². The summed E-state index contributed by atoms with van der Waals surface area (Å²) in [5, 5.41) is 0. The highest BCUT2D eigenvalue weighted by Crippen LogP contribution is 2.33. The molecular formula is C16H19FO. The number of ketones is 1. The topological polar surface area (TPSA) is 17.1 Å². The maximum absolute atomic E-state index is 13.3. The summed E-state index contributed by atoms with van der Waals surface area (Å²) in [5.41, 5.74) is 3.00. The number of hydrogen-bond donors (Lipinski definition) is 0. The summed E-state index contributed by atoms with van der Waals surface area (Å²) in [6, 6.07) is 4.63. The van der Waals surface area contributed by atoms with Crippen molar-refractivity contribution in [3.63, 3.8) is 0 Å². The monoisotopic (exact) mass is 246 g/mol. The van der Waals surface area contributed by atoms with Crippen molar-refractivity contribution >= 4 is 5.78 Å². The van der Waals surface area contributed by atoms with E-state index in [1.54, 1.807) is 6.07 Å². The predicted octanol–water partition coefficient (Wildman–Crippen LogP) is 4.63. The highest BCUT2D eigenvalue weighted by molar-refractivity contribution is 5.95. The van der Waals surface area contributed by atoms with E-state index in [1.165, 1.54) is 24.6 Å². The van der Waals surface area contributed by atoms with Crippen LogP contribution in [0, 0.1) is 5.82 Å². The molecule has 0 fully saturated rings. The Morgan fingerprint density at radius 2 is 2.11 bits per heavy atom. The minimum absolute atomic E-state index is 0.0431. The molecule has 18 heavy (non-hydrogen) atoms. The molecule has 1 aromatic carbocycles. The molecule has 0 saturated heterocycles. The number of Topliss-reactive ketones (excluding diaryl/α,β-unsaturated/α-hetero) is 1. The first-order chi connectivity index (χ1) is 8.58. The first-order valence-electron chi connectivity index (χ1n) is 6.54. The normalized spacial score (nSPS) is 20.2. The van der Waals surface area contributed by atoms with Crippen LogP contribution < -0.4 is 0 Å². The molecule has 2 heteroatoms. The Balaban J connectivity index is 2.30. The first kappa shape index (κ1) is 13.0. The van der Waals surface area contributed by atoms with Gasteiger partial charge in [-0.2, -0.15) is 0 Å². The fourth-order valence-electron chi connectivity index (χ4n) is 2.68. The Morgan fingerprint density at radius 3 is 2.83 bits per heavy atom. The summed E-state index contributed by atoms with van der Waals surface area (Å²) in [7, 11) is 0. The van der Waals surface area contributed by atoms with E-state index in [0.29, 0.717) is 11.5 Å². The van der Waals surface area contributed by atoms with Gasteiger partial charge in [-0.3, -0.25) is 4.79 Å². The van der Waals surface area contributed by atoms with Crippen LogP contribution in [-0.4, -0.2) is 5.78 Å².